The van der Waals surface area contributed by atoms with Gasteiger partial charge in [-0.05, 0) is 33.1 Å². The number of rotatable bonds is 7. The normalized spacial score (nSPS) is 15.8. The van der Waals surface area contributed by atoms with Crippen LogP contribution in [-0.2, 0) is 9.30 Å². The maximum atomic E-state index is 11.0. The standard InChI is InChI=1S/C10H21O4P/c1-5-10(15(11,12)13)7-6-9(4)14-8(2)3/h9-10H,2,5-7H2,1,3-4H3,(H2,11,12,13). The fourth-order valence-corrected chi connectivity index (χ4v) is 2.40. The lowest BCUT2D eigenvalue weighted by atomic mass is 10.1. The summed E-state index contributed by atoms with van der Waals surface area (Å²) in [6.07, 6.45) is 1.57. The summed E-state index contributed by atoms with van der Waals surface area (Å²) in [6, 6.07) is 0. The molecule has 0 amide bonds. The molecule has 2 unspecified atom stereocenters. The largest absolute Gasteiger partial charge is 0.496 e. The molecule has 0 aliphatic rings. The van der Waals surface area contributed by atoms with E-state index in [0.717, 1.165) is 0 Å². The van der Waals surface area contributed by atoms with Gasteiger partial charge in [-0.2, -0.15) is 0 Å². The predicted molar refractivity (Wildman–Crippen MR) is 60.7 cm³/mol. The molecule has 2 atom stereocenters. The van der Waals surface area contributed by atoms with Crippen LogP contribution in [0, 0.1) is 0 Å². The first kappa shape index (κ1) is 14.7. The number of allylic oxidation sites excluding steroid dienone is 1. The van der Waals surface area contributed by atoms with Crippen LogP contribution in [0.25, 0.3) is 0 Å². The van der Waals surface area contributed by atoms with Crippen LogP contribution in [0.5, 0.6) is 0 Å². The molecule has 5 heteroatoms. The van der Waals surface area contributed by atoms with Gasteiger partial charge in [-0.3, -0.25) is 4.57 Å². The lowest BCUT2D eigenvalue weighted by Crippen LogP contribution is -2.13. The number of ether oxygens (including phenoxy) is 1. The Labute approximate surface area is 91.5 Å². The highest BCUT2D eigenvalue weighted by atomic mass is 31.2. The predicted octanol–water partition coefficient (Wildman–Crippen LogP) is 2.66. The Hall–Kier alpha value is -0.310. The summed E-state index contributed by atoms with van der Waals surface area (Å²) in [5.74, 6) is 0.631. The van der Waals surface area contributed by atoms with Gasteiger partial charge in [0.2, 0.25) is 0 Å². The molecule has 0 aliphatic carbocycles. The average Bonchev–Trinajstić information content (AvgIpc) is 2.01. The maximum absolute atomic E-state index is 11.0. The fourth-order valence-electron chi connectivity index (χ4n) is 1.44. The molecule has 90 valence electrons. The van der Waals surface area contributed by atoms with Gasteiger partial charge in [-0.1, -0.05) is 13.5 Å². The summed E-state index contributed by atoms with van der Waals surface area (Å²) >= 11 is 0. The summed E-state index contributed by atoms with van der Waals surface area (Å²) in [5, 5.41) is 0. The minimum Gasteiger partial charge on any atom is -0.496 e. The van der Waals surface area contributed by atoms with Gasteiger partial charge in [0.05, 0.1) is 17.5 Å². The maximum Gasteiger partial charge on any atom is 0.328 e. The van der Waals surface area contributed by atoms with Gasteiger partial charge in [0.15, 0.2) is 0 Å². The molecule has 0 rings (SSSR count). The molecule has 2 N–H and O–H groups in total. The van der Waals surface area contributed by atoms with Crippen molar-refractivity contribution < 1.29 is 19.1 Å². The minimum absolute atomic E-state index is 0.0388. The van der Waals surface area contributed by atoms with Crippen LogP contribution in [0.15, 0.2) is 12.3 Å². The molecular weight excluding hydrogens is 215 g/mol. The topological polar surface area (TPSA) is 66.8 Å². The van der Waals surface area contributed by atoms with Gasteiger partial charge in [0, 0.05) is 0 Å². The minimum atomic E-state index is -3.94. The molecule has 0 aliphatic heterocycles. The van der Waals surface area contributed by atoms with Crippen LogP contribution >= 0.6 is 7.60 Å². The zero-order valence-electron chi connectivity index (χ0n) is 9.64. The van der Waals surface area contributed by atoms with Crippen LogP contribution in [0.4, 0.5) is 0 Å². The molecule has 0 aromatic rings. The Morgan fingerprint density at radius 1 is 1.47 bits per heavy atom. The molecule has 0 saturated carbocycles. The van der Waals surface area contributed by atoms with E-state index in [4.69, 9.17) is 14.5 Å². The molecular formula is C10H21O4P. The van der Waals surface area contributed by atoms with Crippen molar-refractivity contribution in [3.05, 3.63) is 12.3 Å². The van der Waals surface area contributed by atoms with E-state index in [1.54, 1.807) is 13.8 Å². The van der Waals surface area contributed by atoms with Gasteiger partial charge in [-0.15, -0.1) is 0 Å². The smallest absolute Gasteiger partial charge is 0.328 e. The molecule has 0 radical (unpaired) electrons. The van der Waals surface area contributed by atoms with Crippen molar-refractivity contribution in [1.82, 2.24) is 0 Å². The van der Waals surface area contributed by atoms with E-state index in [1.807, 2.05) is 6.92 Å². The zero-order chi connectivity index (χ0) is 12.1. The van der Waals surface area contributed by atoms with Crippen molar-refractivity contribution >= 4 is 7.60 Å². The molecule has 0 aromatic heterocycles. The van der Waals surface area contributed by atoms with Gasteiger partial charge >= 0.3 is 7.60 Å². The molecule has 0 heterocycles. The van der Waals surface area contributed by atoms with Gasteiger partial charge in [0.1, 0.15) is 0 Å². The van der Waals surface area contributed by atoms with E-state index in [1.165, 1.54) is 0 Å². The summed E-state index contributed by atoms with van der Waals surface area (Å²) in [7, 11) is -3.94. The van der Waals surface area contributed by atoms with Gasteiger partial charge in [0.25, 0.3) is 0 Å². The Balaban J connectivity index is 4.02. The second-order valence-corrected chi connectivity index (χ2v) is 5.77. The first-order chi connectivity index (χ1) is 6.77. The van der Waals surface area contributed by atoms with E-state index in [9.17, 15) is 4.57 Å². The molecule has 4 nitrogen and oxygen atoms in total. The van der Waals surface area contributed by atoms with Crippen LogP contribution in [0.3, 0.4) is 0 Å². The number of hydrogen-bond acceptors (Lipinski definition) is 2. The number of hydrogen-bond donors (Lipinski definition) is 2. The second kappa shape index (κ2) is 6.31. The SMILES string of the molecule is C=C(C)OC(C)CCC(CC)P(=O)(O)O. The van der Waals surface area contributed by atoms with E-state index in [0.29, 0.717) is 25.0 Å². The Bertz CT molecular complexity index is 246. The monoisotopic (exact) mass is 236 g/mol. The first-order valence-corrected chi connectivity index (χ1v) is 6.82. The quantitative estimate of drug-likeness (QED) is 0.526. The molecule has 0 spiro atoms. The Morgan fingerprint density at radius 2 is 2.00 bits per heavy atom. The molecule has 0 saturated heterocycles. The molecule has 0 bridgehead atoms. The summed E-state index contributed by atoms with van der Waals surface area (Å²) in [4.78, 5) is 18.0. The van der Waals surface area contributed by atoms with E-state index < -0.39 is 13.3 Å². The van der Waals surface area contributed by atoms with Crippen molar-refractivity contribution in [1.29, 1.82) is 0 Å². The molecule has 0 fully saturated rings. The third kappa shape index (κ3) is 6.72. The van der Waals surface area contributed by atoms with Crippen LogP contribution < -0.4 is 0 Å². The summed E-state index contributed by atoms with van der Waals surface area (Å²) in [6.45, 7) is 9.04. The van der Waals surface area contributed by atoms with Crippen LogP contribution in [0.1, 0.15) is 40.0 Å². The summed E-state index contributed by atoms with van der Waals surface area (Å²) < 4.78 is 16.3. The van der Waals surface area contributed by atoms with Crippen molar-refractivity contribution in [3.63, 3.8) is 0 Å². The lowest BCUT2D eigenvalue weighted by Gasteiger charge is -2.19. The Kier molecular flexibility index (Phi) is 6.18. The zero-order valence-corrected chi connectivity index (χ0v) is 10.5. The van der Waals surface area contributed by atoms with Gasteiger partial charge in [-0.25, -0.2) is 0 Å². The van der Waals surface area contributed by atoms with Crippen molar-refractivity contribution in [3.8, 4) is 0 Å². The van der Waals surface area contributed by atoms with Crippen LogP contribution in [0.2, 0.25) is 0 Å². The van der Waals surface area contributed by atoms with E-state index in [2.05, 4.69) is 6.58 Å². The third-order valence-corrected chi connectivity index (χ3v) is 3.83. The highest BCUT2D eigenvalue weighted by molar-refractivity contribution is 7.52. The fraction of sp³-hybridized carbons (Fsp3) is 0.800. The van der Waals surface area contributed by atoms with Crippen molar-refractivity contribution in [2.24, 2.45) is 0 Å². The van der Waals surface area contributed by atoms with Gasteiger partial charge < -0.3 is 14.5 Å². The second-order valence-electron chi connectivity index (χ2n) is 3.86. The highest BCUT2D eigenvalue weighted by Gasteiger charge is 2.26. The Morgan fingerprint density at radius 3 is 2.33 bits per heavy atom. The highest BCUT2D eigenvalue weighted by Crippen LogP contribution is 2.45. The average molecular weight is 236 g/mol. The molecule has 0 aromatic carbocycles. The summed E-state index contributed by atoms with van der Waals surface area (Å²) in [5.41, 5.74) is -0.548. The van der Waals surface area contributed by atoms with E-state index >= 15 is 0 Å². The van der Waals surface area contributed by atoms with Crippen LogP contribution in [-0.4, -0.2) is 21.5 Å². The first-order valence-electron chi connectivity index (χ1n) is 5.14. The van der Waals surface area contributed by atoms with Crippen molar-refractivity contribution in [2.75, 3.05) is 0 Å². The van der Waals surface area contributed by atoms with Crippen molar-refractivity contribution in [2.45, 2.75) is 51.8 Å². The van der Waals surface area contributed by atoms with E-state index in [-0.39, 0.29) is 6.10 Å². The lowest BCUT2D eigenvalue weighted by molar-refractivity contribution is 0.123. The third-order valence-electron chi connectivity index (χ3n) is 2.26. The molecule has 15 heavy (non-hydrogen) atoms.